The number of carboxylic acid groups (broad SMARTS) is 1. The summed E-state index contributed by atoms with van der Waals surface area (Å²) in [7, 11) is 0. The molecule has 0 bridgehead atoms. The number of nitrogens with one attached hydrogen (secondary N) is 1. The van der Waals surface area contributed by atoms with Crippen molar-refractivity contribution < 1.29 is 23.8 Å². The molecule has 7 heteroatoms. The van der Waals surface area contributed by atoms with Crippen molar-refractivity contribution in [2.24, 2.45) is 0 Å². The summed E-state index contributed by atoms with van der Waals surface area (Å²) in [5, 5.41) is 12.1. The zero-order valence-electron chi connectivity index (χ0n) is 12.7. The van der Waals surface area contributed by atoms with Crippen molar-refractivity contribution in [3.05, 3.63) is 47.7 Å². The number of benzene rings is 1. The van der Waals surface area contributed by atoms with E-state index < -0.39 is 5.97 Å². The molecule has 23 heavy (non-hydrogen) atoms. The quantitative estimate of drug-likeness (QED) is 0.756. The minimum Gasteiger partial charge on any atom is -0.482 e. The topological polar surface area (TPSA) is 88.8 Å². The van der Waals surface area contributed by atoms with E-state index in [0.29, 0.717) is 10.8 Å². The number of carbonyl (C=O) groups is 2. The van der Waals surface area contributed by atoms with E-state index >= 15 is 0 Å². The van der Waals surface area contributed by atoms with Gasteiger partial charge in [-0.1, -0.05) is 23.9 Å². The molecular formula is C16H17NO5S. The lowest BCUT2D eigenvalue weighted by atomic mass is 10.1. The average Bonchev–Trinajstić information content (AvgIpc) is 3.02. The summed E-state index contributed by atoms with van der Waals surface area (Å²) in [6, 6.07) is 10.0. The van der Waals surface area contributed by atoms with Crippen LogP contribution < -0.4 is 10.1 Å². The minimum absolute atomic E-state index is 0.223. The van der Waals surface area contributed by atoms with E-state index in [0.717, 1.165) is 5.56 Å². The number of ether oxygens (including phenoxy) is 1. The molecule has 6 nitrogen and oxygen atoms in total. The number of rotatable bonds is 7. The van der Waals surface area contributed by atoms with Gasteiger partial charge in [-0.15, -0.1) is 0 Å². The van der Waals surface area contributed by atoms with Crippen molar-refractivity contribution >= 4 is 23.6 Å². The molecule has 1 unspecified atom stereocenters. The predicted octanol–water partition coefficient (Wildman–Crippen LogP) is 2.96. The van der Waals surface area contributed by atoms with Crippen LogP contribution in [0.25, 0.3) is 0 Å². The molecule has 122 valence electrons. The first-order chi connectivity index (χ1) is 11.0. The molecule has 0 aliphatic rings. The number of furan rings is 1. The lowest BCUT2D eigenvalue weighted by molar-refractivity contribution is -0.139. The summed E-state index contributed by atoms with van der Waals surface area (Å²) in [4.78, 5) is 22.5. The maximum atomic E-state index is 12.1. The van der Waals surface area contributed by atoms with Gasteiger partial charge in [0.25, 0.3) is 5.91 Å². The molecule has 2 rings (SSSR count). The van der Waals surface area contributed by atoms with Crippen LogP contribution in [0, 0.1) is 0 Å². The van der Waals surface area contributed by atoms with Crippen molar-refractivity contribution in [2.75, 3.05) is 12.9 Å². The highest BCUT2D eigenvalue weighted by atomic mass is 32.2. The number of hydrogen-bond acceptors (Lipinski definition) is 5. The zero-order chi connectivity index (χ0) is 16.8. The van der Waals surface area contributed by atoms with Gasteiger partial charge in [0, 0.05) is 0 Å². The summed E-state index contributed by atoms with van der Waals surface area (Å²) >= 11 is 1.43. The van der Waals surface area contributed by atoms with Crippen LogP contribution in [-0.2, 0) is 4.79 Å². The summed E-state index contributed by atoms with van der Waals surface area (Å²) in [6.07, 6.45) is 1.87. The predicted molar refractivity (Wildman–Crippen MR) is 85.9 cm³/mol. The largest absolute Gasteiger partial charge is 0.482 e. The van der Waals surface area contributed by atoms with Crippen LogP contribution >= 0.6 is 11.8 Å². The molecule has 0 saturated heterocycles. The smallest absolute Gasteiger partial charge is 0.341 e. The maximum absolute atomic E-state index is 12.1. The first kappa shape index (κ1) is 17.0. The lowest BCUT2D eigenvalue weighted by Crippen LogP contribution is -2.26. The van der Waals surface area contributed by atoms with Crippen LogP contribution in [0.5, 0.6) is 5.75 Å². The van der Waals surface area contributed by atoms with E-state index in [9.17, 15) is 9.59 Å². The Bertz CT molecular complexity index is 680. The monoisotopic (exact) mass is 335 g/mol. The molecule has 0 fully saturated rings. The Morgan fingerprint density at radius 2 is 1.96 bits per heavy atom. The molecule has 1 aromatic heterocycles. The molecule has 0 radical (unpaired) electrons. The fourth-order valence-corrected chi connectivity index (χ4v) is 2.28. The van der Waals surface area contributed by atoms with Crippen molar-refractivity contribution in [3.8, 4) is 5.75 Å². The number of thioether (sulfide) groups is 1. The second kappa shape index (κ2) is 7.73. The Morgan fingerprint density at radius 1 is 1.26 bits per heavy atom. The minimum atomic E-state index is -1.03. The molecule has 1 amide bonds. The first-order valence-electron chi connectivity index (χ1n) is 6.89. The second-order valence-corrected chi connectivity index (χ2v) is 5.58. The van der Waals surface area contributed by atoms with Crippen LogP contribution in [0.2, 0.25) is 0 Å². The van der Waals surface area contributed by atoms with E-state index in [4.69, 9.17) is 14.3 Å². The average molecular weight is 335 g/mol. The summed E-state index contributed by atoms with van der Waals surface area (Å²) in [6.45, 7) is 1.46. The Hall–Kier alpha value is -2.41. The van der Waals surface area contributed by atoms with Crippen molar-refractivity contribution in [3.63, 3.8) is 0 Å². The second-order valence-electron chi connectivity index (χ2n) is 4.77. The number of aliphatic carboxylic acids is 1. The summed E-state index contributed by atoms with van der Waals surface area (Å²) in [5.41, 5.74) is 0.873. The molecule has 0 aliphatic carbocycles. The van der Waals surface area contributed by atoms with Gasteiger partial charge in [-0.3, -0.25) is 4.79 Å². The van der Waals surface area contributed by atoms with Gasteiger partial charge in [0.15, 0.2) is 17.5 Å². The van der Waals surface area contributed by atoms with Crippen LogP contribution in [0.3, 0.4) is 0 Å². The molecular weight excluding hydrogens is 318 g/mol. The van der Waals surface area contributed by atoms with Gasteiger partial charge in [0.05, 0.1) is 6.04 Å². The van der Waals surface area contributed by atoms with Crippen molar-refractivity contribution in [1.82, 2.24) is 5.32 Å². The van der Waals surface area contributed by atoms with Crippen molar-refractivity contribution in [2.45, 2.75) is 18.1 Å². The van der Waals surface area contributed by atoms with Gasteiger partial charge in [-0.05, 0) is 43.0 Å². The number of carboxylic acids is 1. The van der Waals surface area contributed by atoms with Crippen LogP contribution in [0.15, 0.2) is 45.9 Å². The molecule has 1 heterocycles. The fourth-order valence-electron chi connectivity index (χ4n) is 1.90. The molecule has 2 N–H and O–H groups in total. The number of carbonyl (C=O) groups excluding carboxylic acids is 1. The first-order valence-corrected chi connectivity index (χ1v) is 8.11. The van der Waals surface area contributed by atoms with Gasteiger partial charge in [-0.25, -0.2) is 4.79 Å². The van der Waals surface area contributed by atoms with Crippen LogP contribution in [0.1, 0.15) is 29.1 Å². The molecule has 0 spiro atoms. The summed E-state index contributed by atoms with van der Waals surface area (Å²) in [5.74, 6) is -0.588. The third kappa shape index (κ3) is 4.79. The third-order valence-electron chi connectivity index (χ3n) is 3.10. The van der Waals surface area contributed by atoms with E-state index in [-0.39, 0.29) is 24.3 Å². The van der Waals surface area contributed by atoms with Crippen LogP contribution in [-0.4, -0.2) is 29.8 Å². The van der Waals surface area contributed by atoms with Gasteiger partial charge >= 0.3 is 5.97 Å². The fraction of sp³-hybridized carbons (Fsp3) is 0.250. The highest BCUT2D eigenvalue weighted by Crippen LogP contribution is 2.20. The van der Waals surface area contributed by atoms with E-state index in [2.05, 4.69) is 5.32 Å². The highest BCUT2D eigenvalue weighted by Gasteiger charge is 2.15. The Morgan fingerprint density at radius 3 is 2.52 bits per heavy atom. The van der Waals surface area contributed by atoms with Crippen LogP contribution in [0.4, 0.5) is 0 Å². The van der Waals surface area contributed by atoms with Crippen molar-refractivity contribution in [1.29, 1.82) is 0 Å². The van der Waals surface area contributed by atoms with Gasteiger partial charge in [0.1, 0.15) is 5.75 Å². The highest BCUT2D eigenvalue weighted by molar-refractivity contribution is 7.98. The van der Waals surface area contributed by atoms with E-state index in [1.165, 1.54) is 11.8 Å². The third-order valence-corrected chi connectivity index (χ3v) is 3.72. The zero-order valence-corrected chi connectivity index (χ0v) is 13.6. The van der Waals surface area contributed by atoms with Gasteiger partial charge < -0.3 is 19.6 Å². The van der Waals surface area contributed by atoms with Gasteiger partial charge in [-0.2, -0.15) is 0 Å². The molecule has 0 aliphatic heterocycles. The number of amides is 1. The Labute approximate surface area is 137 Å². The Kier molecular flexibility index (Phi) is 5.70. The maximum Gasteiger partial charge on any atom is 0.341 e. The molecule has 1 atom stereocenters. The van der Waals surface area contributed by atoms with Gasteiger partial charge in [0.2, 0.25) is 0 Å². The number of hydrogen-bond donors (Lipinski definition) is 2. The van der Waals surface area contributed by atoms with E-state index in [1.807, 2.05) is 13.2 Å². The lowest BCUT2D eigenvalue weighted by Gasteiger charge is -2.14. The molecule has 0 saturated carbocycles. The summed E-state index contributed by atoms with van der Waals surface area (Å²) < 4.78 is 10.4. The normalized spacial score (nSPS) is 11.7. The standard InChI is InChI=1S/C16H17NO5S/c1-10(17-16(20)13-7-8-15(22-13)23-2)11-3-5-12(6-4-11)21-9-14(18)19/h3-8,10H,9H2,1-2H3,(H,17,20)(H,18,19). The van der Waals surface area contributed by atoms with E-state index in [1.54, 1.807) is 36.4 Å². The molecule has 2 aromatic rings. The Balaban J connectivity index is 1.95. The molecule has 1 aromatic carbocycles. The SMILES string of the molecule is CSc1ccc(C(=O)NC(C)c2ccc(OCC(=O)O)cc2)o1.